The Labute approximate surface area is 50.6 Å². The van der Waals surface area contributed by atoms with Gasteiger partial charge < -0.3 is 0 Å². The van der Waals surface area contributed by atoms with Gasteiger partial charge in [0.25, 0.3) is 0 Å². The van der Waals surface area contributed by atoms with E-state index in [2.05, 4.69) is 19.9 Å². The molecule has 0 heteroatoms. The molecule has 8 heavy (non-hydrogen) atoms. The van der Waals surface area contributed by atoms with E-state index >= 15 is 0 Å². The van der Waals surface area contributed by atoms with Gasteiger partial charge in [-0.05, 0) is 24.2 Å². The van der Waals surface area contributed by atoms with Crippen LogP contribution in [0, 0.1) is 17.8 Å². The first-order valence-electron chi connectivity index (χ1n) is 3.50. The van der Waals surface area contributed by atoms with E-state index in [1.54, 1.807) is 5.57 Å². The Hall–Kier alpha value is -0.260. The van der Waals surface area contributed by atoms with Crippen LogP contribution in [0.25, 0.3) is 0 Å². The molecule has 3 rings (SSSR count). The molecule has 0 N–H and O–H groups in total. The van der Waals surface area contributed by atoms with Crippen LogP contribution in [-0.2, 0) is 0 Å². The highest BCUT2D eigenvalue weighted by Gasteiger charge is 2.43. The van der Waals surface area contributed by atoms with Gasteiger partial charge in [-0.3, -0.25) is 0 Å². The highest BCUT2D eigenvalue weighted by atomic mass is 14.5. The van der Waals surface area contributed by atoms with Gasteiger partial charge in [0.05, 0.1) is 0 Å². The van der Waals surface area contributed by atoms with E-state index in [0.29, 0.717) is 0 Å². The predicted molar refractivity (Wildman–Crippen MR) is 34.5 cm³/mol. The molecule has 3 aliphatic carbocycles. The Morgan fingerprint density at radius 1 is 1.38 bits per heavy atom. The maximum absolute atomic E-state index is 2.43. The minimum atomic E-state index is 0.949. The van der Waals surface area contributed by atoms with Gasteiger partial charge in [0, 0.05) is 0 Å². The molecule has 0 aromatic rings. The van der Waals surface area contributed by atoms with Crippen molar-refractivity contribution < 1.29 is 0 Å². The van der Waals surface area contributed by atoms with Gasteiger partial charge in [-0.2, -0.15) is 0 Å². The zero-order valence-electron chi connectivity index (χ0n) is 5.52. The third-order valence-electron chi connectivity index (χ3n) is 2.96. The zero-order chi connectivity index (χ0) is 5.72. The Balaban J connectivity index is 2.28. The second-order valence-corrected chi connectivity index (χ2v) is 3.18. The first kappa shape index (κ1) is 4.60. The molecular formula is C8H12. The second kappa shape index (κ2) is 1.18. The van der Waals surface area contributed by atoms with Crippen LogP contribution in [0.4, 0.5) is 0 Å². The van der Waals surface area contributed by atoms with Gasteiger partial charge in [0.2, 0.25) is 0 Å². The minimum Gasteiger partial charge on any atom is -0.0845 e. The Bertz CT molecular complexity index is 132. The summed E-state index contributed by atoms with van der Waals surface area (Å²) in [6.45, 7) is 4.70. The van der Waals surface area contributed by atoms with Gasteiger partial charge in [0.15, 0.2) is 0 Å². The van der Waals surface area contributed by atoms with E-state index in [1.165, 1.54) is 6.42 Å². The summed E-state index contributed by atoms with van der Waals surface area (Å²) in [5, 5.41) is 0. The molecule has 0 heterocycles. The van der Waals surface area contributed by atoms with Crippen LogP contribution in [0.2, 0.25) is 0 Å². The van der Waals surface area contributed by atoms with Crippen LogP contribution in [0.1, 0.15) is 20.3 Å². The Morgan fingerprint density at radius 3 is 2.12 bits per heavy atom. The number of hydrogen-bond acceptors (Lipinski definition) is 0. The normalized spacial score (nSPS) is 50.8. The highest BCUT2D eigenvalue weighted by Crippen LogP contribution is 2.52. The van der Waals surface area contributed by atoms with Crippen molar-refractivity contribution in [3.63, 3.8) is 0 Å². The van der Waals surface area contributed by atoms with E-state index in [-0.39, 0.29) is 0 Å². The van der Waals surface area contributed by atoms with Crippen molar-refractivity contribution in [1.29, 1.82) is 0 Å². The van der Waals surface area contributed by atoms with Crippen molar-refractivity contribution >= 4 is 0 Å². The molecule has 2 bridgehead atoms. The summed E-state index contributed by atoms with van der Waals surface area (Å²) in [5.41, 5.74) is 1.73. The molecule has 0 nitrogen and oxygen atoms in total. The number of rotatable bonds is 0. The molecule has 0 spiro atoms. The second-order valence-electron chi connectivity index (χ2n) is 3.18. The van der Waals surface area contributed by atoms with Gasteiger partial charge in [0.1, 0.15) is 0 Å². The Kier molecular flexibility index (Phi) is 0.677. The van der Waals surface area contributed by atoms with Gasteiger partial charge >= 0.3 is 0 Å². The molecule has 0 saturated heterocycles. The molecule has 0 amide bonds. The van der Waals surface area contributed by atoms with Crippen LogP contribution in [0.5, 0.6) is 0 Å². The minimum absolute atomic E-state index is 0.949. The lowest BCUT2D eigenvalue weighted by molar-refractivity contribution is 0.240. The molecule has 0 aromatic carbocycles. The maximum atomic E-state index is 2.43. The van der Waals surface area contributed by atoms with Gasteiger partial charge in [-0.1, -0.05) is 25.5 Å². The summed E-state index contributed by atoms with van der Waals surface area (Å²) in [7, 11) is 0. The number of hydrogen-bond donors (Lipinski definition) is 0. The summed E-state index contributed by atoms with van der Waals surface area (Å²) >= 11 is 0. The van der Waals surface area contributed by atoms with Crippen LogP contribution in [0.15, 0.2) is 11.6 Å². The summed E-state index contributed by atoms with van der Waals surface area (Å²) in [6, 6.07) is 0. The molecule has 3 aliphatic rings. The third kappa shape index (κ3) is 0.300. The lowest BCUT2D eigenvalue weighted by atomic mass is 9.67. The van der Waals surface area contributed by atoms with E-state index in [9.17, 15) is 0 Å². The van der Waals surface area contributed by atoms with Crippen molar-refractivity contribution in [1.82, 2.24) is 0 Å². The number of fused-ring (bicyclic) bond motifs is 1. The average molecular weight is 108 g/mol. The van der Waals surface area contributed by atoms with Crippen molar-refractivity contribution in [2.75, 3.05) is 0 Å². The van der Waals surface area contributed by atoms with Gasteiger partial charge in [-0.15, -0.1) is 0 Å². The van der Waals surface area contributed by atoms with E-state index in [1.807, 2.05) is 0 Å². The molecule has 1 saturated carbocycles. The standard InChI is InChI=1S/C8H12/c1-5-7-3-4-8(5)6(7)2/h3,5-6,8H,4H2,1-2H3. The lowest BCUT2D eigenvalue weighted by Crippen LogP contribution is -2.29. The van der Waals surface area contributed by atoms with E-state index < -0.39 is 0 Å². The quantitative estimate of drug-likeness (QED) is 0.417. The fourth-order valence-corrected chi connectivity index (χ4v) is 2.28. The molecule has 2 unspecified atom stereocenters. The van der Waals surface area contributed by atoms with Crippen LogP contribution >= 0.6 is 0 Å². The van der Waals surface area contributed by atoms with E-state index in [4.69, 9.17) is 0 Å². The summed E-state index contributed by atoms with van der Waals surface area (Å²) in [6.07, 6.45) is 3.80. The summed E-state index contributed by atoms with van der Waals surface area (Å²) in [4.78, 5) is 0. The molecular weight excluding hydrogens is 96.1 g/mol. The predicted octanol–water partition coefficient (Wildman–Crippen LogP) is 2.22. The van der Waals surface area contributed by atoms with Crippen molar-refractivity contribution in [2.24, 2.45) is 17.8 Å². The van der Waals surface area contributed by atoms with Crippen LogP contribution in [-0.4, -0.2) is 0 Å². The van der Waals surface area contributed by atoms with Crippen molar-refractivity contribution in [3.05, 3.63) is 11.6 Å². The summed E-state index contributed by atoms with van der Waals surface area (Å²) < 4.78 is 0. The molecule has 44 valence electrons. The van der Waals surface area contributed by atoms with Crippen molar-refractivity contribution in [2.45, 2.75) is 20.3 Å². The van der Waals surface area contributed by atoms with Crippen LogP contribution in [0.3, 0.4) is 0 Å². The average Bonchev–Trinajstić information content (AvgIpc) is 2.26. The largest absolute Gasteiger partial charge is 0.0845 e. The Morgan fingerprint density at radius 2 is 2.00 bits per heavy atom. The van der Waals surface area contributed by atoms with Crippen molar-refractivity contribution in [3.8, 4) is 0 Å². The molecule has 2 atom stereocenters. The molecule has 0 radical (unpaired) electrons. The monoisotopic (exact) mass is 108 g/mol. The fourth-order valence-electron chi connectivity index (χ4n) is 2.28. The van der Waals surface area contributed by atoms with Gasteiger partial charge in [-0.25, -0.2) is 0 Å². The van der Waals surface area contributed by atoms with E-state index in [0.717, 1.165) is 17.8 Å². The fraction of sp³-hybridized carbons (Fsp3) is 0.750. The third-order valence-corrected chi connectivity index (χ3v) is 2.96. The summed E-state index contributed by atoms with van der Waals surface area (Å²) in [5.74, 6) is 2.93. The smallest absolute Gasteiger partial charge is 0.0192 e. The molecule has 0 aliphatic heterocycles. The maximum Gasteiger partial charge on any atom is -0.0192 e. The first-order chi connectivity index (χ1) is 3.80. The lowest BCUT2D eigenvalue weighted by Gasteiger charge is -2.37. The molecule has 1 fully saturated rings. The zero-order valence-corrected chi connectivity index (χ0v) is 5.52. The molecule has 0 aromatic heterocycles. The SMILES string of the molecule is CC1C2=CCC1C2C. The van der Waals surface area contributed by atoms with Crippen LogP contribution < -0.4 is 0 Å². The number of allylic oxidation sites excluding steroid dienone is 2. The topological polar surface area (TPSA) is 0 Å². The first-order valence-corrected chi connectivity index (χ1v) is 3.50. The highest BCUT2D eigenvalue weighted by molar-refractivity contribution is 5.28.